The van der Waals surface area contributed by atoms with Crippen LogP contribution in [0.25, 0.3) is 22.3 Å². The predicted octanol–water partition coefficient (Wildman–Crippen LogP) is 3.91. The molecule has 7 nitrogen and oxygen atoms in total. The van der Waals surface area contributed by atoms with Gasteiger partial charge in [0.1, 0.15) is 11.5 Å². The van der Waals surface area contributed by atoms with E-state index in [1.165, 1.54) is 0 Å². The first-order chi connectivity index (χ1) is 14.7. The van der Waals surface area contributed by atoms with Gasteiger partial charge in [0.05, 0.1) is 29.4 Å². The second-order valence-corrected chi connectivity index (χ2v) is 8.29. The van der Waals surface area contributed by atoms with Crippen LogP contribution in [0.3, 0.4) is 0 Å². The van der Waals surface area contributed by atoms with Crippen LogP contribution >= 0.6 is 0 Å². The molecule has 0 radical (unpaired) electrons. The number of halogens is 2. The summed E-state index contributed by atoms with van der Waals surface area (Å²) in [6.45, 7) is 9.20. The Balaban J connectivity index is 1.73. The molecule has 0 aromatic carbocycles. The summed E-state index contributed by atoms with van der Waals surface area (Å²) < 4.78 is 32.8. The molecule has 0 saturated carbocycles. The Morgan fingerprint density at radius 3 is 2.45 bits per heavy atom. The summed E-state index contributed by atoms with van der Waals surface area (Å²) in [5.41, 5.74) is 2.66. The fourth-order valence-corrected chi connectivity index (χ4v) is 4.10. The van der Waals surface area contributed by atoms with Crippen molar-refractivity contribution < 1.29 is 18.0 Å². The highest BCUT2D eigenvalue weighted by Gasteiger charge is 2.27. The molecule has 0 N–H and O–H groups in total. The molecule has 0 aliphatic carbocycles. The normalized spacial score (nSPS) is 15.5. The molecule has 0 spiro atoms. The van der Waals surface area contributed by atoms with Crippen LogP contribution in [0.15, 0.2) is 22.7 Å². The van der Waals surface area contributed by atoms with E-state index in [1.807, 2.05) is 33.8 Å². The Labute approximate surface area is 179 Å². The van der Waals surface area contributed by atoms with Gasteiger partial charge >= 0.3 is 0 Å². The molecule has 4 rings (SSSR count). The third-order valence-corrected chi connectivity index (χ3v) is 5.66. The number of hydrogen-bond donors (Lipinski definition) is 0. The van der Waals surface area contributed by atoms with Crippen molar-refractivity contribution in [2.24, 2.45) is 0 Å². The van der Waals surface area contributed by atoms with Gasteiger partial charge < -0.3 is 9.32 Å². The number of carbonyl (C=O) groups excluding carboxylic acids is 1. The van der Waals surface area contributed by atoms with Crippen molar-refractivity contribution in [2.45, 2.75) is 40.2 Å². The Hall–Kier alpha value is -2.81. The summed E-state index contributed by atoms with van der Waals surface area (Å²) >= 11 is 0. The fraction of sp³-hybridized carbons (Fsp3) is 0.500. The topological polar surface area (TPSA) is 67.4 Å². The van der Waals surface area contributed by atoms with Crippen molar-refractivity contribution in [3.8, 4) is 11.3 Å². The number of carbonyl (C=O) groups is 1. The lowest BCUT2D eigenvalue weighted by Gasteiger charge is -2.34. The van der Waals surface area contributed by atoms with Crippen molar-refractivity contribution in [3.63, 3.8) is 0 Å². The van der Waals surface area contributed by atoms with Gasteiger partial charge in [-0.1, -0.05) is 0 Å². The van der Waals surface area contributed by atoms with Crippen molar-refractivity contribution >= 4 is 16.9 Å². The molecule has 0 unspecified atom stereocenters. The summed E-state index contributed by atoms with van der Waals surface area (Å²) in [4.78, 5) is 21.7. The van der Waals surface area contributed by atoms with Gasteiger partial charge in [-0.2, -0.15) is 5.10 Å². The van der Waals surface area contributed by atoms with Crippen LogP contribution in [0.1, 0.15) is 41.8 Å². The van der Waals surface area contributed by atoms with Crippen molar-refractivity contribution in [1.29, 1.82) is 0 Å². The number of rotatable bonds is 5. The molecule has 4 heterocycles. The molecular weight excluding hydrogens is 404 g/mol. The first kappa shape index (κ1) is 21.4. The van der Waals surface area contributed by atoms with Crippen LogP contribution in [-0.2, 0) is 0 Å². The minimum absolute atomic E-state index is 0.0771. The molecule has 1 saturated heterocycles. The fourth-order valence-electron chi connectivity index (χ4n) is 4.10. The average molecular weight is 431 g/mol. The smallest absolute Gasteiger partial charge is 0.254 e. The van der Waals surface area contributed by atoms with Crippen molar-refractivity contribution in [1.82, 2.24) is 24.6 Å². The number of furan rings is 1. The molecular formula is C22H27F2N5O2. The zero-order valence-corrected chi connectivity index (χ0v) is 18.2. The predicted molar refractivity (Wildman–Crippen MR) is 113 cm³/mol. The van der Waals surface area contributed by atoms with E-state index in [0.717, 1.165) is 17.1 Å². The van der Waals surface area contributed by atoms with Crippen LogP contribution in [-0.4, -0.2) is 69.6 Å². The van der Waals surface area contributed by atoms with Gasteiger partial charge in [-0.15, -0.1) is 0 Å². The second-order valence-electron chi connectivity index (χ2n) is 8.29. The van der Waals surface area contributed by atoms with Crippen LogP contribution in [0.2, 0.25) is 0 Å². The maximum Gasteiger partial charge on any atom is 0.254 e. The van der Waals surface area contributed by atoms with Gasteiger partial charge in [-0.25, -0.2) is 18.4 Å². The van der Waals surface area contributed by atoms with Crippen LogP contribution in [0.5, 0.6) is 0 Å². The summed E-state index contributed by atoms with van der Waals surface area (Å²) in [5.74, 6) is 1.38. The zero-order valence-electron chi connectivity index (χ0n) is 18.2. The molecule has 0 bridgehead atoms. The lowest BCUT2D eigenvalue weighted by Crippen LogP contribution is -2.49. The second kappa shape index (κ2) is 8.37. The Kier molecular flexibility index (Phi) is 5.79. The van der Waals surface area contributed by atoms with Gasteiger partial charge in [0.25, 0.3) is 12.3 Å². The molecule has 0 atom stereocenters. The molecule has 3 aromatic rings. The SMILES string of the molecule is Cc1cc(-c2cc(C(=O)N3CCN(CC(F)F)CC3)c3cnn(C(C)C)c3n2)c(C)o1. The number of fused-ring (bicyclic) bond motifs is 1. The molecule has 166 valence electrons. The third kappa shape index (κ3) is 4.19. The first-order valence-corrected chi connectivity index (χ1v) is 10.5. The van der Waals surface area contributed by atoms with Crippen LogP contribution < -0.4 is 0 Å². The summed E-state index contributed by atoms with van der Waals surface area (Å²) in [7, 11) is 0. The molecule has 9 heteroatoms. The van der Waals surface area contributed by atoms with E-state index in [-0.39, 0.29) is 18.5 Å². The molecule has 1 fully saturated rings. The number of nitrogens with zero attached hydrogens (tertiary/aromatic N) is 5. The Bertz CT molecular complexity index is 1100. The highest BCUT2D eigenvalue weighted by atomic mass is 19.3. The standard InChI is InChI=1S/C22H27F2N5O2/c1-13(2)29-21-18(11-25-29)17(10-19(26-21)16-9-14(3)31-15(16)4)22(30)28-7-5-27(6-8-28)12-20(23)24/h9-11,13,20H,5-8,12H2,1-4H3. The number of pyridine rings is 1. The number of amides is 1. The largest absolute Gasteiger partial charge is 0.466 e. The summed E-state index contributed by atoms with van der Waals surface area (Å²) in [6.07, 6.45) is -0.687. The first-order valence-electron chi connectivity index (χ1n) is 10.5. The Morgan fingerprint density at radius 1 is 1.16 bits per heavy atom. The number of aryl methyl sites for hydroxylation is 2. The van der Waals surface area contributed by atoms with Gasteiger partial charge in [0.15, 0.2) is 5.65 Å². The Morgan fingerprint density at radius 2 is 1.87 bits per heavy atom. The van der Waals surface area contributed by atoms with E-state index in [1.54, 1.807) is 26.7 Å². The van der Waals surface area contributed by atoms with Gasteiger partial charge in [-0.05, 0) is 39.8 Å². The van der Waals surface area contributed by atoms with E-state index in [4.69, 9.17) is 9.40 Å². The summed E-state index contributed by atoms with van der Waals surface area (Å²) in [6, 6.07) is 3.78. The zero-order chi connectivity index (χ0) is 22.3. The van der Waals surface area contributed by atoms with E-state index >= 15 is 0 Å². The van der Waals surface area contributed by atoms with E-state index in [2.05, 4.69) is 5.10 Å². The number of hydrogen-bond acceptors (Lipinski definition) is 5. The van der Waals surface area contributed by atoms with Crippen molar-refractivity contribution in [3.05, 3.63) is 35.4 Å². The summed E-state index contributed by atoms with van der Waals surface area (Å²) in [5, 5.41) is 5.15. The van der Waals surface area contributed by atoms with E-state index in [0.29, 0.717) is 48.5 Å². The highest BCUT2D eigenvalue weighted by Crippen LogP contribution is 2.30. The maximum absolute atomic E-state index is 13.5. The molecule has 1 aliphatic heterocycles. The van der Waals surface area contributed by atoms with Crippen LogP contribution in [0, 0.1) is 13.8 Å². The van der Waals surface area contributed by atoms with Crippen molar-refractivity contribution in [2.75, 3.05) is 32.7 Å². The average Bonchev–Trinajstić information content (AvgIpc) is 3.29. The monoisotopic (exact) mass is 431 g/mol. The van der Waals surface area contributed by atoms with Gasteiger partial charge in [0, 0.05) is 37.8 Å². The minimum Gasteiger partial charge on any atom is -0.466 e. The lowest BCUT2D eigenvalue weighted by atomic mass is 10.1. The molecule has 31 heavy (non-hydrogen) atoms. The highest BCUT2D eigenvalue weighted by molar-refractivity contribution is 6.06. The number of alkyl halides is 2. The number of piperazine rings is 1. The minimum atomic E-state index is -2.37. The van der Waals surface area contributed by atoms with E-state index < -0.39 is 6.43 Å². The molecule has 1 aliphatic rings. The quantitative estimate of drug-likeness (QED) is 0.613. The van der Waals surface area contributed by atoms with Gasteiger partial charge in [0.2, 0.25) is 0 Å². The van der Waals surface area contributed by atoms with E-state index in [9.17, 15) is 13.6 Å². The maximum atomic E-state index is 13.5. The lowest BCUT2D eigenvalue weighted by molar-refractivity contribution is 0.0460. The molecule has 3 aromatic heterocycles. The third-order valence-electron chi connectivity index (χ3n) is 5.66. The van der Waals surface area contributed by atoms with Crippen LogP contribution in [0.4, 0.5) is 8.78 Å². The van der Waals surface area contributed by atoms with Gasteiger partial charge in [-0.3, -0.25) is 9.69 Å². The number of aromatic nitrogens is 3. The molecule has 1 amide bonds.